The molecule has 1 atom stereocenters. The predicted octanol–water partition coefficient (Wildman–Crippen LogP) is 5.68. The maximum Gasteiger partial charge on any atom is 0.0320 e. The Morgan fingerprint density at radius 2 is 1.55 bits per heavy atom. The SMILES string of the molecule is CCCNC(CCC(C)(C)C)c1ccc(C(C)C)cc1. The van der Waals surface area contributed by atoms with Crippen LogP contribution >= 0.6 is 0 Å². The summed E-state index contributed by atoms with van der Waals surface area (Å²) < 4.78 is 0. The molecule has 0 aromatic heterocycles. The van der Waals surface area contributed by atoms with Gasteiger partial charge in [0.15, 0.2) is 0 Å². The fourth-order valence-corrected chi connectivity index (χ4v) is 2.40. The van der Waals surface area contributed by atoms with E-state index in [1.54, 1.807) is 0 Å². The molecule has 0 saturated heterocycles. The topological polar surface area (TPSA) is 12.0 Å². The summed E-state index contributed by atoms with van der Waals surface area (Å²) in [7, 11) is 0. The maximum atomic E-state index is 3.71. The average molecular weight is 275 g/mol. The molecular weight excluding hydrogens is 242 g/mol. The van der Waals surface area contributed by atoms with Crippen LogP contribution in [0.15, 0.2) is 24.3 Å². The van der Waals surface area contributed by atoms with Gasteiger partial charge < -0.3 is 5.32 Å². The molecule has 0 spiro atoms. The largest absolute Gasteiger partial charge is 0.310 e. The van der Waals surface area contributed by atoms with Gasteiger partial charge in [-0.3, -0.25) is 0 Å². The summed E-state index contributed by atoms with van der Waals surface area (Å²) in [5, 5.41) is 3.71. The van der Waals surface area contributed by atoms with Crippen LogP contribution in [0.1, 0.15) is 83.9 Å². The van der Waals surface area contributed by atoms with E-state index in [0.29, 0.717) is 17.4 Å². The Labute approximate surface area is 126 Å². The van der Waals surface area contributed by atoms with Gasteiger partial charge in [-0.1, -0.05) is 65.8 Å². The van der Waals surface area contributed by atoms with Crippen LogP contribution in [0.3, 0.4) is 0 Å². The molecule has 0 heterocycles. The summed E-state index contributed by atoms with van der Waals surface area (Å²) in [5.74, 6) is 0.612. The summed E-state index contributed by atoms with van der Waals surface area (Å²) in [6, 6.07) is 9.70. The van der Waals surface area contributed by atoms with E-state index in [1.807, 2.05) is 0 Å². The van der Waals surface area contributed by atoms with Crippen molar-refractivity contribution >= 4 is 0 Å². The first-order valence-corrected chi connectivity index (χ1v) is 8.16. The van der Waals surface area contributed by atoms with Crippen molar-refractivity contribution < 1.29 is 0 Å². The van der Waals surface area contributed by atoms with Gasteiger partial charge in [-0.05, 0) is 48.3 Å². The van der Waals surface area contributed by atoms with Gasteiger partial charge >= 0.3 is 0 Å². The molecule has 1 unspecified atom stereocenters. The number of nitrogens with one attached hydrogen (secondary N) is 1. The molecule has 0 amide bonds. The minimum Gasteiger partial charge on any atom is -0.310 e. The van der Waals surface area contributed by atoms with Crippen molar-refractivity contribution in [1.82, 2.24) is 5.32 Å². The van der Waals surface area contributed by atoms with Crippen molar-refractivity contribution in [2.24, 2.45) is 5.41 Å². The van der Waals surface area contributed by atoms with Crippen LogP contribution in [0.5, 0.6) is 0 Å². The number of hydrogen-bond acceptors (Lipinski definition) is 1. The lowest BCUT2D eigenvalue weighted by Crippen LogP contribution is -2.23. The van der Waals surface area contributed by atoms with Crippen LogP contribution < -0.4 is 5.32 Å². The summed E-state index contributed by atoms with van der Waals surface area (Å²) >= 11 is 0. The van der Waals surface area contributed by atoms with Gasteiger partial charge in [0.05, 0.1) is 0 Å². The highest BCUT2D eigenvalue weighted by molar-refractivity contribution is 5.26. The monoisotopic (exact) mass is 275 g/mol. The molecule has 1 N–H and O–H groups in total. The highest BCUT2D eigenvalue weighted by Gasteiger charge is 2.16. The Bertz CT molecular complexity index is 370. The van der Waals surface area contributed by atoms with Crippen molar-refractivity contribution in [3.05, 3.63) is 35.4 Å². The lowest BCUT2D eigenvalue weighted by molar-refractivity contribution is 0.332. The van der Waals surface area contributed by atoms with E-state index in [0.717, 1.165) is 6.54 Å². The fraction of sp³-hybridized carbons (Fsp3) is 0.684. The minimum atomic E-state index is 0.407. The average Bonchev–Trinajstić information content (AvgIpc) is 2.38. The first-order valence-electron chi connectivity index (χ1n) is 8.16. The first kappa shape index (κ1) is 17.2. The molecule has 114 valence electrons. The van der Waals surface area contributed by atoms with Crippen LogP contribution in [0.25, 0.3) is 0 Å². The summed E-state index contributed by atoms with van der Waals surface area (Å²) in [6.45, 7) is 14.8. The predicted molar refractivity (Wildman–Crippen MR) is 90.3 cm³/mol. The Balaban J connectivity index is 2.75. The van der Waals surface area contributed by atoms with Gasteiger partial charge in [-0.25, -0.2) is 0 Å². The minimum absolute atomic E-state index is 0.407. The second-order valence-corrected chi connectivity index (χ2v) is 7.43. The van der Waals surface area contributed by atoms with Crippen molar-refractivity contribution in [2.45, 2.75) is 72.8 Å². The Morgan fingerprint density at radius 1 is 1.00 bits per heavy atom. The lowest BCUT2D eigenvalue weighted by atomic mass is 9.87. The summed E-state index contributed by atoms with van der Waals surface area (Å²) in [6.07, 6.45) is 3.65. The van der Waals surface area contributed by atoms with Gasteiger partial charge in [-0.15, -0.1) is 0 Å². The second-order valence-electron chi connectivity index (χ2n) is 7.43. The molecule has 1 heteroatoms. The smallest absolute Gasteiger partial charge is 0.0320 e. The van der Waals surface area contributed by atoms with Crippen molar-refractivity contribution in [3.63, 3.8) is 0 Å². The molecule has 1 nitrogen and oxygen atoms in total. The summed E-state index contributed by atoms with van der Waals surface area (Å²) in [5.41, 5.74) is 3.27. The molecule has 1 aromatic carbocycles. The molecule has 0 fully saturated rings. The van der Waals surface area contributed by atoms with Crippen LogP contribution in [-0.2, 0) is 0 Å². The van der Waals surface area contributed by atoms with Gasteiger partial charge in [0, 0.05) is 6.04 Å². The van der Waals surface area contributed by atoms with Crippen molar-refractivity contribution in [2.75, 3.05) is 6.54 Å². The zero-order valence-corrected chi connectivity index (χ0v) is 14.3. The van der Waals surface area contributed by atoms with Gasteiger partial charge in [0.1, 0.15) is 0 Å². The molecule has 1 rings (SSSR count). The summed E-state index contributed by atoms with van der Waals surface area (Å²) in [4.78, 5) is 0. The maximum absolute atomic E-state index is 3.71. The molecule has 0 aliphatic rings. The molecule has 0 aliphatic heterocycles. The number of benzene rings is 1. The van der Waals surface area contributed by atoms with E-state index in [-0.39, 0.29) is 0 Å². The Morgan fingerprint density at radius 3 is 2.00 bits per heavy atom. The molecule has 1 aromatic rings. The van der Waals surface area contributed by atoms with Crippen LogP contribution in [-0.4, -0.2) is 6.54 Å². The normalized spacial score (nSPS) is 13.8. The molecule has 20 heavy (non-hydrogen) atoms. The van der Waals surface area contributed by atoms with Crippen molar-refractivity contribution in [3.8, 4) is 0 Å². The molecule has 0 aliphatic carbocycles. The quantitative estimate of drug-likeness (QED) is 0.675. The van der Waals surface area contributed by atoms with Gasteiger partial charge in [-0.2, -0.15) is 0 Å². The van der Waals surface area contributed by atoms with E-state index in [4.69, 9.17) is 0 Å². The highest BCUT2D eigenvalue weighted by atomic mass is 14.9. The fourth-order valence-electron chi connectivity index (χ4n) is 2.40. The second kappa shape index (κ2) is 7.83. The van der Waals surface area contributed by atoms with Crippen LogP contribution in [0.4, 0.5) is 0 Å². The standard InChI is InChI=1S/C19H33N/c1-7-14-20-18(12-13-19(4,5)6)17-10-8-16(9-11-17)15(2)3/h8-11,15,18,20H,7,12-14H2,1-6H3. The lowest BCUT2D eigenvalue weighted by Gasteiger charge is -2.24. The number of hydrogen-bond donors (Lipinski definition) is 1. The number of rotatable bonds is 7. The van der Waals surface area contributed by atoms with E-state index in [9.17, 15) is 0 Å². The van der Waals surface area contributed by atoms with E-state index < -0.39 is 0 Å². The molecule has 0 saturated carbocycles. The molecule has 0 radical (unpaired) electrons. The van der Waals surface area contributed by atoms with Crippen molar-refractivity contribution in [1.29, 1.82) is 0 Å². The molecule has 0 bridgehead atoms. The third-order valence-corrected chi connectivity index (χ3v) is 3.83. The third-order valence-electron chi connectivity index (χ3n) is 3.83. The Kier molecular flexibility index (Phi) is 6.75. The third kappa shape index (κ3) is 6.09. The van der Waals surface area contributed by atoms with E-state index >= 15 is 0 Å². The highest BCUT2D eigenvalue weighted by Crippen LogP contribution is 2.28. The zero-order chi connectivity index (χ0) is 15.2. The van der Waals surface area contributed by atoms with E-state index in [2.05, 4.69) is 71.1 Å². The van der Waals surface area contributed by atoms with E-state index in [1.165, 1.54) is 30.4 Å². The van der Waals surface area contributed by atoms with Crippen LogP contribution in [0.2, 0.25) is 0 Å². The van der Waals surface area contributed by atoms with Gasteiger partial charge in [0.2, 0.25) is 0 Å². The Hall–Kier alpha value is -0.820. The molecular formula is C19H33N. The van der Waals surface area contributed by atoms with Gasteiger partial charge in [0.25, 0.3) is 0 Å². The first-order chi connectivity index (χ1) is 9.33. The van der Waals surface area contributed by atoms with Crippen LogP contribution in [0, 0.1) is 5.41 Å². The zero-order valence-electron chi connectivity index (χ0n) is 14.3.